The number of hydrogen-bond acceptors (Lipinski definition) is 4. The zero-order valence-corrected chi connectivity index (χ0v) is 6.65. The Kier molecular flexibility index (Phi) is 2.38. The van der Waals surface area contributed by atoms with Gasteiger partial charge < -0.3 is 10.0 Å². The van der Waals surface area contributed by atoms with Gasteiger partial charge in [-0.2, -0.15) is 0 Å². The highest BCUT2D eigenvalue weighted by Gasteiger charge is 1.96. The van der Waals surface area contributed by atoms with Gasteiger partial charge in [-0.25, -0.2) is 9.97 Å². The first-order valence-electron chi connectivity index (χ1n) is 3.33. The highest BCUT2D eigenvalue weighted by atomic mass is 16.3. The van der Waals surface area contributed by atoms with Gasteiger partial charge in [0.15, 0.2) is 5.82 Å². The summed E-state index contributed by atoms with van der Waals surface area (Å²) in [7, 11) is 3.83. The van der Waals surface area contributed by atoms with E-state index in [2.05, 4.69) is 9.97 Å². The van der Waals surface area contributed by atoms with Gasteiger partial charge >= 0.3 is 0 Å². The molecule has 0 aliphatic heterocycles. The standard InChI is InChI=1S/C7H11N3O/c1-10(2)6-3-8-7(5-11)9-4-6/h3-4,11H,5H2,1-2H3. The third-order valence-electron chi connectivity index (χ3n) is 1.35. The molecule has 1 aromatic rings. The minimum Gasteiger partial charge on any atom is -0.388 e. The molecule has 1 N–H and O–H groups in total. The van der Waals surface area contributed by atoms with E-state index in [9.17, 15) is 0 Å². The zero-order chi connectivity index (χ0) is 8.27. The van der Waals surface area contributed by atoms with Crippen LogP contribution in [0.1, 0.15) is 5.82 Å². The molecule has 4 heteroatoms. The van der Waals surface area contributed by atoms with E-state index in [1.165, 1.54) is 0 Å². The summed E-state index contributed by atoms with van der Waals surface area (Å²) < 4.78 is 0. The molecule has 0 atom stereocenters. The Morgan fingerprint density at radius 3 is 2.27 bits per heavy atom. The number of rotatable bonds is 2. The first-order chi connectivity index (χ1) is 5.24. The molecule has 0 saturated heterocycles. The summed E-state index contributed by atoms with van der Waals surface area (Å²) in [6.45, 7) is -0.103. The number of aliphatic hydroxyl groups excluding tert-OH is 1. The molecule has 60 valence electrons. The summed E-state index contributed by atoms with van der Waals surface area (Å²) in [5.41, 5.74) is 0.933. The van der Waals surface area contributed by atoms with Crippen molar-refractivity contribution in [3.63, 3.8) is 0 Å². The predicted octanol–water partition coefficient (Wildman–Crippen LogP) is 0.0349. The first-order valence-corrected chi connectivity index (χ1v) is 3.33. The van der Waals surface area contributed by atoms with Gasteiger partial charge in [-0.15, -0.1) is 0 Å². The maximum Gasteiger partial charge on any atom is 0.153 e. The van der Waals surface area contributed by atoms with E-state index in [4.69, 9.17) is 5.11 Å². The van der Waals surface area contributed by atoms with Gasteiger partial charge in [0.25, 0.3) is 0 Å². The van der Waals surface area contributed by atoms with Crippen LogP contribution in [0.3, 0.4) is 0 Å². The Labute approximate surface area is 65.5 Å². The summed E-state index contributed by atoms with van der Waals surface area (Å²) in [5.74, 6) is 0.454. The minimum absolute atomic E-state index is 0.103. The van der Waals surface area contributed by atoms with Crippen LogP contribution >= 0.6 is 0 Å². The number of aromatic nitrogens is 2. The van der Waals surface area contributed by atoms with E-state index in [0.717, 1.165) is 5.69 Å². The highest BCUT2D eigenvalue weighted by molar-refractivity contribution is 5.39. The average Bonchev–Trinajstić information content (AvgIpc) is 2.05. The van der Waals surface area contributed by atoms with E-state index in [0.29, 0.717) is 5.82 Å². The van der Waals surface area contributed by atoms with Crippen molar-refractivity contribution in [2.24, 2.45) is 0 Å². The molecule has 0 spiro atoms. The molecular formula is C7H11N3O. The Bertz CT molecular complexity index is 220. The fourth-order valence-electron chi connectivity index (χ4n) is 0.661. The van der Waals surface area contributed by atoms with Crippen molar-refractivity contribution in [1.29, 1.82) is 0 Å². The number of aliphatic hydroxyl groups is 1. The monoisotopic (exact) mass is 153 g/mol. The first kappa shape index (κ1) is 7.94. The summed E-state index contributed by atoms with van der Waals surface area (Å²) >= 11 is 0. The minimum atomic E-state index is -0.103. The van der Waals surface area contributed by atoms with Crippen LogP contribution in [0.4, 0.5) is 5.69 Å². The van der Waals surface area contributed by atoms with Gasteiger partial charge in [-0.3, -0.25) is 0 Å². The molecule has 0 amide bonds. The van der Waals surface area contributed by atoms with Crippen LogP contribution in [-0.2, 0) is 6.61 Å². The quantitative estimate of drug-likeness (QED) is 0.651. The summed E-state index contributed by atoms with van der Waals surface area (Å²) in [4.78, 5) is 9.74. The van der Waals surface area contributed by atoms with Gasteiger partial charge in [0.2, 0.25) is 0 Å². The fraction of sp³-hybridized carbons (Fsp3) is 0.429. The molecule has 4 nitrogen and oxygen atoms in total. The molecule has 1 heterocycles. The third kappa shape index (κ3) is 1.88. The van der Waals surface area contributed by atoms with Gasteiger partial charge in [-0.1, -0.05) is 0 Å². The van der Waals surface area contributed by atoms with Gasteiger partial charge in [0.05, 0.1) is 18.1 Å². The van der Waals surface area contributed by atoms with Crippen molar-refractivity contribution in [3.8, 4) is 0 Å². The van der Waals surface area contributed by atoms with Crippen LogP contribution in [0.2, 0.25) is 0 Å². The topological polar surface area (TPSA) is 49.2 Å². The number of hydrogen-bond donors (Lipinski definition) is 1. The molecule has 0 aliphatic rings. The van der Waals surface area contributed by atoms with Crippen molar-refractivity contribution in [2.75, 3.05) is 19.0 Å². The summed E-state index contributed by atoms with van der Waals surface area (Å²) in [5, 5.41) is 8.63. The van der Waals surface area contributed by atoms with Crippen LogP contribution in [0.15, 0.2) is 12.4 Å². The second-order valence-corrected chi connectivity index (χ2v) is 2.41. The van der Waals surface area contributed by atoms with Crippen LogP contribution in [0, 0.1) is 0 Å². The smallest absolute Gasteiger partial charge is 0.153 e. The molecule has 0 aliphatic carbocycles. The SMILES string of the molecule is CN(C)c1cnc(CO)nc1. The molecule has 0 unspecified atom stereocenters. The Balaban J connectivity index is 2.83. The second-order valence-electron chi connectivity index (χ2n) is 2.41. The lowest BCUT2D eigenvalue weighted by atomic mass is 10.5. The number of nitrogens with zero attached hydrogens (tertiary/aromatic N) is 3. The van der Waals surface area contributed by atoms with Crippen LogP contribution in [0.25, 0.3) is 0 Å². The summed E-state index contributed by atoms with van der Waals surface area (Å²) in [6.07, 6.45) is 3.36. The molecule has 0 radical (unpaired) electrons. The molecule has 1 rings (SSSR count). The van der Waals surface area contributed by atoms with Crippen LogP contribution in [0.5, 0.6) is 0 Å². The van der Waals surface area contributed by atoms with E-state index >= 15 is 0 Å². The maximum atomic E-state index is 8.63. The Hall–Kier alpha value is -1.16. The largest absolute Gasteiger partial charge is 0.388 e. The lowest BCUT2D eigenvalue weighted by Gasteiger charge is -2.10. The van der Waals surface area contributed by atoms with Gasteiger partial charge in [-0.05, 0) is 0 Å². The van der Waals surface area contributed by atoms with Crippen LogP contribution < -0.4 is 4.90 Å². The predicted molar refractivity (Wildman–Crippen MR) is 42.3 cm³/mol. The lowest BCUT2D eigenvalue weighted by molar-refractivity contribution is 0.271. The third-order valence-corrected chi connectivity index (χ3v) is 1.35. The Morgan fingerprint density at radius 2 is 1.91 bits per heavy atom. The van der Waals surface area contributed by atoms with E-state index in [1.54, 1.807) is 12.4 Å². The lowest BCUT2D eigenvalue weighted by Crippen LogP contribution is -2.09. The highest BCUT2D eigenvalue weighted by Crippen LogP contribution is 2.05. The molecule has 0 fully saturated rings. The van der Waals surface area contributed by atoms with Crippen molar-refractivity contribution >= 4 is 5.69 Å². The maximum absolute atomic E-state index is 8.63. The van der Waals surface area contributed by atoms with E-state index in [1.807, 2.05) is 19.0 Å². The van der Waals surface area contributed by atoms with Crippen molar-refractivity contribution in [2.45, 2.75) is 6.61 Å². The van der Waals surface area contributed by atoms with Gasteiger partial charge in [0.1, 0.15) is 6.61 Å². The Morgan fingerprint density at radius 1 is 1.36 bits per heavy atom. The second kappa shape index (κ2) is 3.30. The molecule has 1 aromatic heterocycles. The molecule has 11 heavy (non-hydrogen) atoms. The van der Waals surface area contributed by atoms with E-state index < -0.39 is 0 Å². The molecule has 0 bridgehead atoms. The van der Waals surface area contributed by atoms with E-state index in [-0.39, 0.29) is 6.61 Å². The van der Waals surface area contributed by atoms with Crippen LogP contribution in [-0.4, -0.2) is 29.2 Å². The van der Waals surface area contributed by atoms with Crippen molar-refractivity contribution in [1.82, 2.24) is 9.97 Å². The summed E-state index contributed by atoms with van der Waals surface area (Å²) in [6, 6.07) is 0. The van der Waals surface area contributed by atoms with Crippen molar-refractivity contribution < 1.29 is 5.11 Å². The molecule has 0 saturated carbocycles. The fourth-order valence-corrected chi connectivity index (χ4v) is 0.661. The average molecular weight is 153 g/mol. The molecular weight excluding hydrogens is 142 g/mol. The normalized spacial score (nSPS) is 9.73. The van der Waals surface area contributed by atoms with Crippen molar-refractivity contribution in [3.05, 3.63) is 18.2 Å². The molecule has 0 aromatic carbocycles. The zero-order valence-electron chi connectivity index (χ0n) is 6.65. The van der Waals surface area contributed by atoms with Gasteiger partial charge in [0, 0.05) is 14.1 Å². The number of anilines is 1.